The first-order valence-electron chi connectivity index (χ1n) is 6.98. The second kappa shape index (κ2) is 5.21. The fourth-order valence-electron chi connectivity index (χ4n) is 2.70. The first-order valence-corrected chi connectivity index (χ1v) is 7.79. The van der Waals surface area contributed by atoms with Crippen molar-refractivity contribution in [2.75, 3.05) is 0 Å². The van der Waals surface area contributed by atoms with Gasteiger partial charge in [-0.15, -0.1) is 11.3 Å². The highest BCUT2D eigenvalue weighted by molar-refractivity contribution is 7.23. The Labute approximate surface area is 131 Å². The summed E-state index contributed by atoms with van der Waals surface area (Å²) in [5.74, 6) is 0. The molecule has 0 saturated carbocycles. The Balaban J connectivity index is 1.99. The van der Waals surface area contributed by atoms with E-state index in [1.54, 1.807) is 12.1 Å². The van der Waals surface area contributed by atoms with Crippen molar-refractivity contribution in [2.24, 2.45) is 0 Å². The minimum absolute atomic E-state index is 0.501. The molecule has 0 bridgehead atoms. The lowest BCUT2D eigenvalue weighted by Gasteiger charge is -2.02. The highest BCUT2D eigenvalue weighted by Gasteiger charge is 2.18. The number of hydrogen-bond acceptors (Lipinski definition) is 4. The predicted molar refractivity (Wildman–Crippen MR) is 92.4 cm³/mol. The van der Waals surface area contributed by atoms with Gasteiger partial charge in [0.1, 0.15) is 5.01 Å². The van der Waals surface area contributed by atoms with E-state index in [0.29, 0.717) is 5.46 Å². The van der Waals surface area contributed by atoms with Crippen LogP contribution in [0.2, 0.25) is 0 Å². The third-order valence-corrected chi connectivity index (χ3v) is 4.90. The van der Waals surface area contributed by atoms with E-state index in [-0.39, 0.29) is 0 Å². The molecule has 4 aromatic rings. The lowest BCUT2D eigenvalue weighted by molar-refractivity contribution is 0.426. The standard InChI is InChI=1S/C17H12BNO2S/c20-18(21)14-9-4-10-15-16(14)22-17(19-15)13-8-3-6-11-5-1-2-7-12(11)13/h1-10,20-21H. The Morgan fingerprint density at radius 2 is 1.64 bits per heavy atom. The molecule has 5 heteroatoms. The van der Waals surface area contributed by atoms with Crippen LogP contribution in [0.15, 0.2) is 60.7 Å². The summed E-state index contributed by atoms with van der Waals surface area (Å²) in [4.78, 5) is 4.67. The van der Waals surface area contributed by atoms with E-state index in [0.717, 1.165) is 26.2 Å². The van der Waals surface area contributed by atoms with Crippen LogP contribution in [0.1, 0.15) is 0 Å². The molecule has 3 aromatic carbocycles. The van der Waals surface area contributed by atoms with Crippen molar-refractivity contribution in [2.45, 2.75) is 0 Å². The fraction of sp³-hybridized carbons (Fsp3) is 0. The largest absolute Gasteiger partial charge is 0.489 e. The monoisotopic (exact) mass is 305 g/mol. The van der Waals surface area contributed by atoms with Gasteiger partial charge >= 0.3 is 7.12 Å². The van der Waals surface area contributed by atoms with Gasteiger partial charge < -0.3 is 10.0 Å². The second-order valence-corrected chi connectivity index (χ2v) is 6.11. The molecule has 1 aromatic heterocycles. The van der Waals surface area contributed by atoms with Gasteiger partial charge in [-0.05, 0) is 16.8 Å². The van der Waals surface area contributed by atoms with E-state index in [1.807, 2.05) is 24.3 Å². The number of rotatable bonds is 2. The lowest BCUT2D eigenvalue weighted by Crippen LogP contribution is -2.29. The molecule has 2 N–H and O–H groups in total. The van der Waals surface area contributed by atoms with Gasteiger partial charge in [0, 0.05) is 11.0 Å². The van der Waals surface area contributed by atoms with Crippen LogP contribution < -0.4 is 5.46 Å². The highest BCUT2D eigenvalue weighted by atomic mass is 32.1. The van der Waals surface area contributed by atoms with Crippen molar-refractivity contribution in [3.63, 3.8) is 0 Å². The van der Waals surface area contributed by atoms with Crippen molar-refractivity contribution in [1.82, 2.24) is 4.98 Å². The van der Waals surface area contributed by atoms with E-state index < -0.39 is 7.12 Å². The first kappa shape index (κ1) is 13.5. The van der Waals surface area contributed by atoms with Crippen LogP contribution in [0.3, 0.4) is 0 Å². The Morgan fingerprint density at radius 3 is 2.50 bits per heavy atom. The van der Waals surface area contributed by atoms with Gasteiger partial charge in [0.05, 0.1) is 10.2 Å². The molecular weight excluding hydrogens is 293 g/mol. The molecule has 0 aliphatic heterocycles. The van der Waals surface area contributed by atoms with Crippen molar-refractivity contribution >= 4 is 44.9 Å². The maximum absolute atomic E-state index is 9.51. The SMILES string of the molecule is OB(O)c1cccc2nc(-c3cccc4ccccc34)sc12. The summed E-state index contributed by atoms with van der Waals surface area (Å²) < 4.78 is 0.820. The summed E-state index contributed by atoms with van der Waals surface area (Å²) in [6.45, 7) is 0. The van der Waals surface area contributed by atoms with Crippen LogP contribution in [-0.4, -0.2) is 22.2 Å². The van der Waals surface area contributed by atoms with Gasteiger partial charge in [-0.25, -0.2) is 4.98 Å². The van der Waals surface area contributed by atoms with E-state index in [9.17, 15) is 10.0 Å². The maximum atomic E-state index is 9.51. The fourth-order valence-corrected chi connectivity index (χ4v) is 3.84. The summed E-state index contributed by atoms with van der Waals surface area (Å²) in [5, 5.41) is 22.2. The van der Waals surface area contributed by atoms with Crippen LogP contribution in [0.25, 0.3) is 31.6 Å². The minimum Gasteiger partial charge on any atom is -0.423 e. The summed E-state index contributed by atoms with van der Waals surface area (Å²) in [6.07, 6.45) is 0. The maximum Gasteiger partial charge on any atom is 0.489 e. The molecule has 106 valence electrons. The molecule has 0 saturated heterocycles. The van der Waals surface area contributed by atoms with Gasteiger partial charge in [0.15, 0.2) is 0 Å². The number of hydrogen-bond donors (Lipinski definition) is 2. The minimum atomic E-state index is -1.48. The molecule has 0 atom stereocenters. The molecular formula is C17H12BNO2S. The Morgan fingerprint density at radius 1 is 0.864 bits per heavy atom. The van der Waals surface area contributed by atoms with Crippen LogP contribution in [0.4, 0.5) is 0 Å². The lowest BCUT2D eigenvalue weighted by atomic mass is 9.80. The zero-order valence-corrected chi connectivity index (χ0v) is 12.4. The molecule has 0 amide bonds. The molecule has 0 unspecified atom stereocenters. The second-order valence-electron chi connectivity index (χ2n) is 5.11. The summed E-state index contributed by atoms with van der Waals surface area (Å²) in [6, 6.07) is 19.8. The van der Waals surface area contributed by atoms with Gasteiger partial charge in [0.25, 0.3) is 0 Å². The molecule has 22 heavy (non-hydrogen) atoms. The van der Waals surface area contributed by atoms with Gasteiger partial charge in [-0.3, -0.25) is 0 Å². The Kier molecular flexibility index (Phi) is 3.19. The van der Waals surface area contributed by atoms with Crippen LogP contribution >= 0.6 is 11.3 Å². The predicted octanol–water partition coefficient (Wildman–Crippen LogP) is 2.80. The average Bonchev–Trinajstić information content (AvgIpc) is 2.97. The van der Waals surface area contributed by atoms with E-state index in [2.05, 4.69) is 29.2 Å². The van der Waals surface area contributed by atoms with Crippen molar-refractivity contribution in [3.8, 4) is 10.6 Å². The molecule has 0 radical (unpaired) electrons. The van der Waals surface area contributed by atoms with E-state index in [4.69, 9.17) is 0 Å². The first-order chi connectivity index (χ1) is 10.7. The molecule has 0 aliphatic carbocycles. The quantitative estimate of drug-likeness (QED) is 0.560. The van der Waals surface area contributed by atoms with Crippen molar-refractivity contribution in [3.05, 3.63) is 60.7 Å². The Bertz CT molecular complexity index is 975. The normalized spacial score (nSPS) is 11.2. The van der Waals surface area contributed by atoms with Crippen LogP contribution in [-0.2, 0) is 0 Å². The zero-order valence-electron chi connectivity index (χ0n) is 11.6. The third-order valence-electron chi connectivity index (χ3n) is 3.74. The van der Waals surface area contributed by atoms with Crippen molar-refractivity contribution in [1.29, 1.82) is 0 Å². The smallest absolute Gasteiger partial charge is 0.423 e. The van der Waals surface area contributed by atoms with E-state index >= 15 is 0 Å². The summed E-state index contributed by atoms with van der Waals surface area (Å²) in [7, 11) is -1.48. The van der Waals surface area contributed by atoms with Crippen molar-refractivity contribution < 1.29 is 10.0 Å². The number of aromatic nitrogens is 1. The molecule has 4 rings (SSSR count). The summed E-state index contributed by atoms with van der Waals surface area (Å²) in [5.41, 5.74) is 2.36. The van der Waals surface area contributed by atoms with E-state index in [1.165, 1.54) is 16.7 Å². The van der Waals surface area contributed by atoms with Gasteiger partial charge in [-0.2, -0.15) is 0 Å². The van der Waals surface area contributed by atoms with Crippen LogP contribution in [0, 0.1) is 0 Å². The topological polar surface area (TPSA) is 53.4 Å². The van der Waals surface area contributed by atoms with Gasteiger partial charge in [0.2, 0.25) is 0 Å². The van der Waals surface area contributed by atoms with Gasteiger partial charge in [-0.1, -0.05) is 54.6 Å². The number of benzene rings is 3. The number of fused-ring (bicyclic) bond motifs is 2. The molecule has 0 fully saturated rings. The highest BCUT2D eigenvalue weighted by Crippen LogP contribution is 2.33. The molecule has 0 aliphatic rings. The molecule has 3 nitrogen and oxygen atoms in total. The summed E-state index contributed by atoms with van der Waals surface area (Å²) >= 11 is 1.49. The van der Waals surface area contributed by atoms with Crippen LogP contribution in [0.5, 0.6) is 0 Å². The number of thiazole rings is 1. The average molecular weight is 305 g/mol. The number of nitrogens with zero attached hydrogens (tertiary/aromatic N) is 1. The molecule has 0 spiro atoms. The molecule has 1 heterocycles. The Hall–Kier alpha value is -2.21. The third kappa shape index (κ3) is 2.11. The zero-order chi connectivity index (χ0) is 15.1.